The third-order valence-corrected chi connectivity index (χ3v) is 5.02. The quantitative estimate of drug-likeness (QED) is 0.464. The maximum Gasteiger partial charge on any atom is 0.204 e. The molecule has 2 heterocycles. The van der Waals surface area contributed by atoms with Crippen molar-refractivity contribution in [3.63, 3.8) is 0 Å². The second kappa shape index (κ2) is 10.9. The monoisotopic (exact) mass is 425 g/mol. The third kappa shape index (κ3) is 5.85. The molecule has 7 nitrogen and oxygen atoms in total. The van der Waals surface area contributed by atoms with Gasteiger partial charge in [0.05, 0.1) is 51.4 Å². The molecular weight excluding hydrogens is 398 g/mol. The van der Waals surface area contributed by atoms with Crippen molar-refractivity contribution >= 4 is 10.8 Å². The van der Waals surface area contributed by atoms with Gasteiger partial charge in [0.2, 0.25) is 5.69 Å². The van der Waals surface area contributed by atoms with Crippen LogP contribution in [0.3, 0.4) is 0 Å². The topological polar surface area (TPSA) is 73.1 Å². The van der Waals surface area contributed by atoms with Gasteiger partial charge in [0.1, 0.15) is 13.2 Å². The largest absolute Gasteiger partial charge is 0.618 e. The predicted octanol–water partition coefficient (Wildman–Crippen LogP) is 2.89. The van der Waals surface area contributed by atoms with E-state index in [2.05, 4.69) is 0 Å². The van der Waals surface area contributed by atoms with Crippen LogP contribution in [0.4, 0.5) is 0 Å². The Balaban J connectivity index is 1.54. The SMILES string of the molecule is [O-][n+]1ccc2ccccc2c1Cc1ccc2c(c1)OCCOCCOCCOCCO2. The molecule has 0 saturated heterocycles. The number of aromatic nitrogens is 1. The molecule has 0 spiro atoms. The lowest BCUT2D eigenvalue weighted by atomic mass is 10.0. The minimum atomic E-state index is 0.395. The molecule has 4 rings (SSSR count). The van der Waals surface area contributed by atoms with Crippen molar-refractivity contribution in [3.8, 4) is 11.5 Å². The summed E-state index contributed by atoms with van der Waals surface area (Å²) in [5, 5.41) is 14.5. The minimum Gasteiger partial charge on any atom is -0.618 e. The Morgan fingerprint density at radius 2 is 1.35 bits per heavy atom. The highest BCUT2D eigenvalue weighted by molar-refractivity contribution is 5.83. The van der Waals surface area contributed by atoms with Gasteiger partial charge in [0.15, 0.2) is 17.7 Å². The molecule has 0 bridgehead atoms. The van der Waals surface area contributed by atoms with E-state index in [1.54, 1.807) is 6.20 Å². The first-order valence-corrected chi connectivity index (χ1v) is 10.5. The molecule has 0 fully saturated rings. The van der Waals surface area contributed by atoms with Gasteiger partial charge in [-0.2, -0.15) is 4.73 Å². The zero-order valence-electron chi connectivity index (χ0n) is 17.5. The van der Waals surface area contributed by atoms with Gasteiger partial charge in [-0.25, -0.2) is 0 Å². The van der Waals surface area contributed by atoms with Crippen molar-refractivity contribution in [2.75, 3.05) is 52.9 Å². The molecule has 0 radical (unpaired) electrons. The molecule has 1 aromatic heterocycles. The smallest absolute Gasteiger partial charge is 0.204 e. The zero-order valence-corrected chi connectivity index (χ0v) is 17.5. The number of nitrogens with zero attached hydrogens (tertiary/aromatic N) is 1. The predicted molar refractivity (Wildman–Crippen MR) is 116 cm³/mol. The highest BCUT2D eigenvalue weighted by Gasteiger charge is 2.14. The molecule has 0 N–H and O–H groups in total. The number of hydrogen-bond donors (Lipinski definition) is 0. The van der Waals surface area contributed by atoms with Gasteiger partial charge in [-0.15, -0.1) is 0 Å². The minimum absolute atomic E-state index is 0.395. The lowest BCUT2D eigenvalue weighted by Gasteiger charge is -2.15. The summed E-state index contributed by atoms with van der Waals surface area (Å²) in [5.74, 6) is 1.27. The Morgan fingerprint density at radius 1 is 0.710 bits per heavy atom. The second-order valence-electron chi connectivity index (χ2n) is 7.17. The van der Waals surface area contributed by atoms with E-state index >= 15 is 0 Å². The fourth-order valence-electron chi connectivity index (χ4n) is 3.49. The average Bonchev–Trinajstić information content (AvgIpc) is 2.80. The first-order chi connectivity index (χ1) is 15.3. The lowest BCUT2D eigenvalue weighted by Crippen LogP contribution is -2.31. The Labute approximate surface area is 181 Å². The molecular formula is C24H27NO6. The van der Waals surface area contributed by atoms with E-state index in [0.29, 0.717) is 76.5 Å². The second-order valence-corrected chi connectivity index (χ2v) is 7.17. The number of pyridine rings is 1. The van der Waals surface area contributed by atoms with Crippen molar-refractivity contribution < 1.29 is 28.4 Å². The van der Waals surface area contributed by atoms with Gasteiger partial charge in [-0.05, 0) is 29.1 Å². The summed E-state index contributed by atoms with van der Waals surface area (Å²) in [7, 11) is 0. The molecule has 0 saturated carbocycles. The van der Waals surface area contributed by atoms with Crippen LogP contribution < -0.4 is 14.2 Å². The van der Waals surface area contributed by atoms with Crippen LogP contribution in [0.15, 0.2) is 54.7 Å². The Kier molecular flexibility index (Phi) is 7.55. The highest BCUT2D eigenvalue weighted by atomic mass is 16.6. The van der Waals surface area contributed by atoms with E-state index in [1.807, 2.05) is 48.5 Å². The fourth-order valence-corrected chi connectivity index (χ4v) is 3.49. The summed E-state index contributed by atoms with van der Waals surface area (Å²) in [6.07, 6.45) is 2.04. The summed E-state index contributed by atoms with van der Waals surface area (Å²) in [6, 6.07) is 15.5. The highest BCUT2D eigenvalue weighted by Crippen LogP contribution is 2.30. The van der Waals surface area contributed by atoms with E-state index < -0.39 is 0 Å². The van der Waals surface area contributed by atoms with Crippen LogP contribution in [-0.4, -0.2) is 52.9 Å². The summed E-state index contributed by atoms with van der Waals surface area (Å²) >= 11 is 0. The first kappa shape index (κ1) is 21.4. The van der Waals surface area contributed by atoms with E-state index in [1.165, 1.54) is 0 Å². The molecule has 3 aromatic rings. The number of fused-ring (bicyclic) bond motifs is 2. The maximum atomic E-state index is 12.5. The summed E-state index contributed by atoms with van der Waals surface area (Å²) < 4.78 is 29.2. The Morgan fingerprint density at radius 3 is 2.10 bits per heavy atom. The molecule has 0 unspecified atom stereocenters. The van der Waals surface area contributed by atoms with Crippen LogP contribution in [0, 0.1) is 5.21 Å². The normalized spacial score (nSPS) is 16.4. The summed E-state index contributed by atoms with van der Waals surface area (Å²) in [4.78, 5) is 0. The van der Waals surface area contributed by atoms with Crippen LogP contribution in [0.5, 0.6) is 11.5 Å². The van der Waals surface area contributed by atoms with Crippen molar-refractivity contribution in [1.82, 2.24) is 0 Å². The van der Waals surface area contributed by atoms with Crippen molar-refractivity contribution in [2.45, 2.75) is 6.42 Å². The number of hydrogen-bond acceptors (Lipinski definition) is 6. The fraction of sp³-hybridized carbons (Fsp3) is 0.375. The van der Waals surface area contributed by atoms with E-state index in [0.717, 1.165) is 21.1 Å². The molecule has 31 heavy (non-hydrogen) atoms. The average molecular weight is 425 g/mol. The molecule has 0 atom stereocenters. The Hall–Kier alpha value is -2.87. The van der Waals surface area contributed by atoms with Crippen molar-refractivity contribution in [2.24, 2.45) is 0 Å². The number of rotatable bonds is 2. The van der Waals surface area contributed by atoms with Gasteiger partial charge in [0.25, 0.3) is 0 Å². The van der Waals surface area contributed by atoms with Gasteiger partial charge < -0.3 is 28.9 Å². The van der Waals surface area contributed by atoms with Gasteiger partial charge >= 0.3 is 0 Å². The van der Waals surface area contributed by atoms with E-state index in [-0.39, 0.29) is 0 Å². The molecule has 2 aromatic carbocycles. The van der Waals surface area contributed by atoms with Crippen LogP contribution in [-0.2, 0) is 20.6 Å². The molecule has 0 aliphatic carbocycles. The standard InChI is InChI=1S/C24H27NO6/c26-25-8-7-20-3-1-2-4-21(20)22(25)17-19-5-6-23-24(18-19)31-16-14-29-12-10-27-9-11-28-13-15-30-23/h1-8,18H,9-17H2. The van der Waals surface area contributed by atoms with E-state index in [9.17, 15) is 5.21 Å². The Bertz CT molecular complexity index is 993. The summed E-state index contributed by atoms with van der Waals surface area (Å²) in [5.41, 5.74) is 1.67. The van der Waals surface area contributed by atoms with Crippen LogP contribution in [0.25, 0.3) is 10.8 Å². The molecule has 1 aliphatic rings. The van der Waals surface area contributed by atoms with Crippen LogP contribution >= 0.6 is 0 Å². The molecule has 7 heteroatoms. The maximum absolute atomic E-state index is 12.5. The number of benzene rings is 2. The lowest BCUT2D eigenvalue weighted by molar-refractivity contribution is -0.611. The van der Waals surface area contributed by atoms with Crippen LogP contribution in [0.1, 0.15) is 11.3 Å². The summed E-state index contributed by atoms with van der Waals surface area (Å²) in [6.45, 7) is 3.82. The van der Waals surface area contributed by atoms with Gasteiger partial charge in [-0.1, -0.05) is 24.3 Å². The molecule has 0 amide bonds. The first-order valence-electron chi connectivity index (χ1n) is 10.5. The van der Waals surface area contributed by atoms with Crippen molar-refractivity contribution in [3.05, 3.63) is 71.2 Å². The van der Waals surface area contributed by atoms with Gasteiger partial charge in [-0.3, -0.25) is 0 Å². The number of ether oxygens (including phenoxy) is 5. The van der Waals surface area contributed by atoms with Gasteiger partial charge in [0, 0.05) is 6.07 Å². The molecule has 164 valence electrons. The van der Waals surface area contributed by atoms with E-state index in [4.69, 9.17) is 23.7 Å². The third-order valence-electron chi connectivity index (χ3n) is 5.02. The van der Waals surface area contributed by atoms with Crippen LogP contribution in [0.2, 0.25) is 0 Å². The molecule has 1 aliphatic heterocycles. The van der Waals surface area contributed by atoms with Crippen molar-refractivity contribution in [1.29, 1.82) is 0 Å². The zero-order chi connectivity index (χ0) is 21.3.